The molecule has 1 aromatic heterocycles. The number of aromatic nitrogens is 2. The van der Waals surface area contributed by atoms with Gasteiger partial charge in [-0.3, -0.25) is 4.57 Å². The summed E-state index contributed by atoms with van der Waals surface area (Å²) in [4.78, 5) is 25.7. The number of rotatable bonds is 3. The molecule has 0 saturated heterocycles. The zero-order valence-electron chi connectivity index (χ0n) is 10.5. The average molecular weight is 268 g/mol. The Morgan fingerprint density at radius 3 is 2.75 bits per heavy atom. The lowest BCUT2D eigenvalue weighted by atomic mass is 10.1. The topological polar surface area (TPSA) is 75.1 Å². The van der Waals surface area contributed by atoms with Gasteiger partial charge in [0.25, 0.3) is 0 Å². The predicted octanol–water partition coefficient (Wildman–Crippen LogP) is 2.08. The molecule has 100 valence electrons. The van der Waals surface area contributed by atoms with Gasteiger partial charge in [0.15, 0.2) is 0 Å². The normalized spacial score (nSPS) is 10.8. The number of nitrogens with one attached hydrogen (secondary N) is 1. The Kier molecular flexibility index (Phi) is 2.87. The van der Waals surface area contributed by atoms with Crippen molar-refractivity contribution in [3.05, 3.63) is 70.1 Å². The lowest BCUT2D eigenvalue weighted by Gasteiger charge is -2.04. The Morgan fingerprint density at radius 1 is 1.15 bits per heavy atom. The number of aromatic carboxylic acids is 1. The number of imidazole rings is 1. The minimum Gasteiger partial charge on any atom is -0.478 e. The van der Waals surface area contributed by atoms with Gasteiger partial charge < -0.3 is 10.1 Å². The Bertz CT molecular complexity index is 845. The van der Waals surface area contributed by atoms with Crippen molar-refractivity contribution in [3.63, 3.8) is 0 Å². The summed E-state index contributed by atoms with van der Waals surface area (Å²) in [6.45, 7) is 0.337. The first-order valence-electron chi connectivity index (χ1n) is 6.15. The molecule has 0 aliphatic heterocycles. The third-order valence-electron chi connectivity index (χ3n) is 3.20. The van der Waals surface area contributed by atoms with Gasteiger partial charge in [0.05, 0.1) is 23.1 Å². The highest BCUT2D eigenvalue weighted by molar-refractivity contribution is 5.87. The van der Waals surface area contributed by atoms with Gasteiger partial charge in [-0.1, -0.05) is 24.3 Å². The molecule has 1 heterocycles. The van der Waals surface area contributed by atoms with E-state index in [-0.39, 0.29) is 11.3 Å². The molecule has 5 nitrogen and oxygen atoms in total. The van der Waals surface area contributed by atoms with E-state index in [0.29, 0.717) is 6.54 Å². The monoisotopic (exact) mass is 268 g/mol. The number of aromatic amines is 1. The Labute approximate surface area is 114 Å². The van der Waals surface area contributed by atoms with Crippen LogP contribution in [0.15, 0.2) is 53.3 Å². The van der Waals surface area contributed by atoms with E-state index in [4.69, 9.17) is 5.11 Å². The molecule has 3 rings (SSSR count). The molecule has 0 aliphatic carbocycles. The summed E-state index contributed by atoms with van der Waals surface area (Å²) in [5.74, 6) is -0.974. The second-order valence-electron chi connectivity index (χ2n) is 4.54. The standard InChI is InChI=1S/C15H12N2O3/c18-14(19)11-5-3-4-10(8-11)9-17-13-7-2-1-6-12(13)16-15(17)20/h1-8H,9H2,(H,16,20)(H,18,19). The van der Waals surface area contributed by atoms with E-state index in [1.165, 1.54) is 6.07 Å². The maximum absolute atomic E-state index is 12.0. The van der Waals surface area contributed by atoms with E-state index in [2.05, 4.69) is 4.98 Å². The molecular weight excluding hydrogens is 256 g/mol. The number of carboxylic acid groups (broad SMARTS) is 1. The van der Waals surface area contributed by atoms with E-state index in [1.807, 2.05) is 24.3 Å². The average Bonchev–Trinajstić information content (AvgIpc) is 2.76. The maximum Gasteiger partial charge on any atom is 0.335 e. The number of nitrogens with zero attached hydrogens (tertiary/aromatic N) is 1. The highest BCUT2D eigenvalue weighted by Crippen LogP contribution is 2.12. The van der Waals surface area contributed by atoms with Crippen molar-refractivity contribution < 1.29 is 9.90 Å². The van der Waals surface area contributed by atoms with Gasteiger partial charge in [-0.2, -0.15) is 0 Å². The van der Waals surface area contributed by atoms with Gasteiger partial charge in [-0.05, 0) is 29.8 Å². The maximum atomic E-state index is 12.0. The van der Waals surface area contributed by atoms with Gasteiger partial charge in [0, 0.05) is 0 Å². The van der Waals surface area contributed by atoms with Crippen molar-refractivity contribution >= 4 is 17.0 Å². The Morgan fingerprint density at radius 2 is 1.95 bits per heavy atom. The third kappa shape index (κ3) is 2.09. The molecule has 0 unspecified atom stereocenters. The van der Waals surface area contributed by atoms with Crippen LogP contribution in [0, 0.1) is 0 Å². The summed E-state index contributed by atoms with van der Waals surface area (Å²) in [5.41, 5.74) is 2.36. The van der Waals surface area contributed by atoms with Crippen LogP contribution in [0.2, 0.25) is 0 Å². The van der Waals surface area contributed by atoms with E-state index < -0.39 is 5.97 Å². The van der Waals surface area contributed by atoms with Crippen molar-refractivity contribution in [2.45, 2.75) is 6.54 Å². The highest BCUT2D eigenvalue weighted by Gasteiger charge is 2.08. The number of hydrogen-bond acceptors (Lipinski definition) is 2. The quantitative estimate of drug-likeness (QED) is 0.763. The first kappa shape index (κ1) is 12.2. The highest BCUT2D eigenvalue weighted by atomic mass is 16.4. The number of carboxylic acids is 1. The van der Waals surface area contributed by atoms with Gasteiger partial charge >= 0.3 is 11.7 Å². The summed E-state index contributed by atoms with van der Waals surface area (Å²) in [7, 11) is 0. The second kappa shape index (κ2) is 4.70. The fourth-order valence-electron chi connectivity index (χ4n) is 2.25. The molecule has 2 N–H and O–H groups in total. The number of carbonyl (C=O) groups is 1. The van der Waals surface area contributed by atoms with Crippen LogP contribution in [0.25, 0.3) is 11.0 Å². The molecule has 2 aromatic carbocycles. The fourth-order valence-corrected chi connectivity index (χ4v) is 2.25. The van der Waals surface area contributed by atoms with E-state index in [1.54, 1.807) is 22.8 Å². The van der Waals surface area contributed by atoms with Crippen LogP contribution in [0.1, 0.15) is 15.9 Å². The lowest BCUT2D eigenvalue weighted by molar-refractivity contribution is 0.0696. The SMILES string of the molecule is O=C(O)c1cccc(Cn2c(=O)[nH]c3ccccc32)c1. The molecule has 3 aromatic rings. The summed E-state index contributed by atoms with van der Waals surface area (Å²) in [5, 5.41) is 8.99. The van der Waals surface area contributed by atoms with Crippen molar-refractivity contribution in [2.75, 3.05) is 0 Å². The molecule has 0 aliphatic rings. The van der Waals surface area contributed by atoms with Gasteiger partial charge in [-0.15, -0.1) is 0 Å². The fraction of sp³-hybridized carbons (Fsp3) is 0.0667. The molecule has 20 heavy (non-hydrogen) atoms. The summed E-state index contributed by atoms with van der Waals surface area (Å²) in [6.07, 6.45) is 0. The first-order chi connectivity index (χ1) is 9.65. The summed E-state index contributed by atoms with van der Waals surface area (Å²) < 4.78 is 1.59. The van der Waals surface area contributed by atoms with Crippen molar-refractivity contribution in [2.24, 2.45) is 0 Å². The molecule has 0 fully saturated rings. The van der Waals surface area contributed by atoms with Crippen LogP contribution in [0.3, 0.4) is 0 Å². The van der Waals surface area contributed by atoms with Crippen LogP contribution in [-0.2, 0) is 6.54 Å². The molecule has 0 amide bonds. The van der Waals surface area contributed by atoms with Crippen molar-refractivity contribution in [3.8, 4) is 0 Å². The lowest BCUT2D eigenvalue weighted by Crippen LogP contribution is -2.17. The van der Waals surface area contributed by atoms with Gasteiger partial charge in [0.2, 0.25) is 0 Å². The Balaban J connectivity index is 2.05. The largest absolute Gasteiger partial charge is 0.478 e. The molecule has 0 bridgehead atoms. The van der Waals surface area contributed by atoms with Crippen molar-refractivity contribution in [1.29, 1.82) is 0 Å². The first-order valence-corrected chi connectivity index (χ1v) is 6.15. The van der Waals surface area contributed by atoms with Gasteiger partial charge in [0.1, 0.15) is 0 Å². The van der Waals surface area contributed by atoms with E-state index in [0.717, 1.165) is 16.6 Å². The molecule has 0 saturated carbocycles. The molecular formula is C15H12N2O3. The summed E-state index contributed by atoms with van der Waals surface area (Å²) in [6, 6.07) is 14.0. The van der Waals surface area contributed by atoms with E-state index in [9.17, 15) is 9.59 Å². The van der Waals surface area contributed by atoms with Crippen LogP contribution in [0.5, 0.6) is 0 Å². The van der Waals surface area contributed by atoms with Crippen LogP contribution in [0.4, 0.5) is 0 Å². The minimum absolute atomic E-state index is 0.202. The van der Waals surface area contributed by atoms with Crippen molar-refractivity contribution in [1.82, 2.24) is 9.55 Å². The van der Waals surface area contributed by atoms with E-state index >= 15 is 0 Å². The number of fused-ring (bicyclic) bond motifs is 1. The van der Waals surface area contributed by atoms with Crippen LogP contribution >= 0.6 is 0 Å². The minimum atomic E-state index is -0.974. The zero-order chi connectivity index (χ0) is 14.1. The number of H-pyrrole nitrogens is 1. The number of para-hydroxylation sites is 2. The molecule has 5 heteroatoms. The smallest absolute Gasteiger partial charge is 0.335 e. The number of benzene rings is 2. The predicted molar refractivity (Wildman–Crippen MR) is 75.1 cm³/mol. The third-order valence-corrected chi connectivity index (χ3v) is 3.20. The second-order valence-corrected chi connectivity index (χ2v) is 4.54. The molecule has 0 spiro atoms. The zero-order valence-corrected chi connectivity index (χ0v) is 10.5. The van der Waals surface area contributed by atoms with Crippen LogP contribution in [-0.4, -0.2) is 20.6 Å². The van der Waals surface area contributed by atoms with Gasteiger partial charge in [-0.25, -0.2) is 9.59 Å². The summed E-state index contributed by atoms with van der Waals surface area (Å²) >= 11 is 0. The molecule has 0 radical (unpaired) electrons. The van der Waals surface area contributed by atoms with Crippen LogP contribution < -0.4 is 5.69 Å². The molecule has 0 atom stereocenters. The number of hydrogen-bond donors (Lipinski definition) is 2. The Hall–Kier alpha value is -2.82.